The maximum absolute atomic E-state index is 3.00. The molecule has 354 valence electrons. The summed E-state index contributed by atoms with van der Waals surface area (Å²) in [7, 11) is 0. The second kappa shape index (κ2) is 19.3. The van der Waals surface area contributed by atoms with Gasteiger partial charge in [0.05, 0.1) is 27.5 Å². The van der Waals surface area contributed by atoms with Crippen LogP contribution in [0.25, 0.3) is 77.2 Å². The predicted molar refractivity (Wildman–Crippen MR) is 315 cm³/mol. The molecule has 13 aromatic rings. The van der Waals surface area contributed by atoms with Crippen LogP contribution in [0.15, 0.2) is 286 Å². The van der Waals surface area contributed by atoms with Gasteiger partial charge in [0.2, 0.25) is 0 Å². The van der Waals surface area contributed by atoms with E-state index in [4.69, 9.17) is 0 Å². The summed E-state index contributed by atoms with van der Waals surface area (Å²) >= 11 is 0. The first-order valence-electron chi connectivity index (χ1n) is 25.7. The van der Waals surface area contributed by atoms with Crippen molar-refractivity contribution in [2.75, 3.05) is 4.90 Å². The molecule has 0 saturated heterocycles. The van der Waals surface area contributed by atoms with Crippen molar-refractivity contribution < 1.29 is 0 Å². The van der Waals surface area contributed by atoms with Gasteiger partial charge >= 0.3 is 0 Å². The molecular formula is C71H55N3. The lowest BCUT2D eigenvalue weighted by Gasteiger charge is -2.35. The molecule has 0 amide bonds. The number of anilines is 3. The van der Waals surface area contributed by atoms with E-state index >= 15 is 0 Å². The summed E-state index contributed by atoms with van der Waals surface area (Å²) in [5.41, 5.74) is 19.5. The number of nitrogens with zero attached hydrogens (tertiary/aromatic N) is 3. The van der Waals surface area contributed by atoms with Crippen molar-refractivity contribution in [3.05, 3.63) is 308 Å². The molecule has 0 bridgehead atoms. The molecule has 74 heavy (non-hydrogen) atoms. The second-order valence-electron chi connectivity index (χ2n) is 18.5. The summed E-state index contributed by atoms with van der Waals surface area (Å²) in [6.07, 6.45) is 0. The zero-order valence-corrected chi connectivity index (χ0v) is 41.7. The Morgan fingerprint density at radius 3 is 1.39 bits per heavy atom. The van der Waals surface area contributed by atoms with Crippen LogP contribution >= 0.6 is 0 Å². The van der Waals surface area contributed by atoms with Crippen LogP contribution < -0.4 is 4.90 Å². The molecule has 0 N–H and O–H groups in total. The number of hydrogen-bond donors (Lipinski definition) is 0. The van der Waals surface area contributed by atoms with Gasteiger partial charge < -0.3 is 14.0 Å². The van der Waals surface area contributed by atoms with Crippen LogP contribution in [0.3, 0.4) is 0 Å². The van der Waals surface area contributed by atoms with Gasteiger partial charge in [-0.3, -0.25) is 0 Å². The second-order valence-corrected chi connectivity index (χ2v) is 18.5. The summed E-state index contributed by atoms with van der Waals surface area (Å²) in [6, 6.07) is 101. The quantitative estimate of drug-likeness (QED) is 0.138. The third-order valence-corrected chi connectivity index (χ3v) is 14.7. The van der Waals surface area contributed by atoms with Gasteiger partial charge in [0.25, 0.3) is 0 Å². The number of aromatic nitrogens is 2. The topological polar surface area (TPSA) is 13.1 Å². The first-order valence-corrected chi connectivity index (χ1v) is 25.7. The molecule has 0 spiro atoms. The molecule has 0 saturated carbocycles. The number of para-hydroxylation sites is 5. The lowest BCUT2D eigenvalue weighted by atomic mass is 9.67. The molecule has 3 nitrogen and oxygen atoms in total. The Morgan fingerprint density at radius 1 is 0.311 bits per heavy atom. The van der Waals surface area contributed by atoms with Gasteiger partial charge in [-0.2, -0.15) is 0 Å². The molecular weight excluding hydrogens is 895 g/mol. The minimum absolute atomic E-state index is 0.545. The minimum atomic E-state index is -0.545. The van der Waals surface area contributed by atoms with E-state index in [2.05, 4.69) is 300 Å². The molecule has 0 atom stereocenters. The van der Waals surface area contributed by atoms with E-state index in [1.54, 1.807) is 0 Å². The summed E-state index contributed by atoms with van der Waals surface area (Å²) in [4.78, 5) is 2.46. The van der Waals surface area contributed by atoms with Crippen LogP contribution in [-0.2, 0) is 5.41 Å². The zero-order valence-electron chi connectivity index (χ0n) is 41.7. The number of hydrogen-bond acceptors (Lipinski definition) is 1. The summed E-state index contributed by atoms with van der Waals surface area (Å²) < 4.78 is 4.85. The zero-order chi connectivity index (χ0) is 50.2. The van der Waals surface area contributed by atoms with E-state index in [0.717, 1.165) is 39.6 Å². The molecule has 0 fully saturated rings. The highest BCUT2D eigenvalue weighted by Gasteiger charge is 2.46. The number of benzene rings is 11. The lowest BCUT2D eigenvalue weighted by molar-refractivity contribution is 0.768. The standard InChI is InChI=1S/C67H45N3.C2H6.C2H4/c1-5-21-48(22-6-1)67(49-23-7-2-8-24-49)61-33-17-13-29-55(61)56-39-38-52(45-62(56)67)68(50-25-9-3-10-26-50)53-41-47(42-54(44-53)70-63-34-18-14-30-57(63)58-31-15-19-35-64(58)70)46-37-40-66-60(43-46)59-32-16-20-36-65(59)69(66)51-27-11-4-12-28-51;2*1-2/h1-45H;1-2H3;1-2H2. The van der Waals surface area contributed by atoms with Crippen molar-refractivity contribution in [1.82, 2.24) is 9.13 Å². The van der Waals surface area contributed by atoms with Crippen molar-refractivity contribution in [2.45, 2.75) is 19.3 Å². The molecule has 0 unspecified atom stereocenters. The highest BCUT2D eigenvalue weighted by molar-refractivity contribution is 6.11. The van der Waals surface area contributed by atoms with Crippen LogP contribution in [-0.4, -0.2) is 9.13 Å². The van der Waals surface area contributed by atoms with Crippen molar-refractivity contribution in [3.63, 3.8) is 0 Å². The van der Waals surface area contributed by atoms with E-state index in [1.165, 1.54) is 77.0 Å². The summed E-state index contributed by atoms with van der Waals surface area (Å²) in [5.74, 6) is 0. The Morgan fingerprint density at radius 2 is 0.784 bits per heavy atom. The maximum atomic E-state index is 3.00. The van der Waals surface area contributed by atoms with E-state index in [1.807, 2.05) is 13.8 Å². The minimum Gasteiger partial charge on any atom is -0.310 e. The van der Waals surface area contributed by atoms with Gasteiger partial charge in [0.15, 0.2) is 0 Å². The molecule has 0 radical (unpaired) electrons. The molecule has 1 aliphatic rings. The van der Waals surface area contributed by atoms with Crippen LogP contribution in [0.5, 0.6) is 0 Å². The molecule has 1 aliphatic carbocycles. The summed E-state index contributed by atoms with van der Waals surface area (Å²) in [5, 5.41) is 4.91. The fourth-order valence-corrected chi connectivity index (χ4v) is 11.8. The molecule has 0 aliphatic heterocycles. The first-order chi connectivity index (χ1) is 36.7. The SMILES string of the molecule is C=C.CC.c1ccc(N(c2cc(-c3ccc4c(c3)c3ccccc3n4-c3ccccc3)cc(-n3c4ccccc4c4ccccc43)c2)c2ccc3c(c2)C(c2ccccc2)(c2ccccc2)c2ccccc2-3)cc1. The van der Waals surface area contributed by atoms with Gasteiger partial charge in [-0.25, -0.2) is 0 Å². The van der Waals surface area contributed by atoms with Crippen LogP contribution in [0, 0.1) is 0 Å². The van der Waals surface area contributed by atoms with Crippen molar-refractivity contribution in [3.8, 4) is 33.6 Å². The average molecular weight is 950 g/mol. The fourth-order valence-electron chi connectivity index (χ4n) is 11.8. The molecule has 2 aromatic heterocycles. The highest BCUT2D eigenvalue weighted by Crippen LogP contribution is 2.57. The Bertz CT molecular complexity index is 4040. The number of fused-ring (bicyclic) bond motifs is 9. The average Bonchev–Trinajstić information content (AvgIpc) is 4.13. The van der Waals surface area contributed by atoms with E-state index in [9.17, 15) is 0 Å². The van der Waals surface area contributed by atoms with Gasteiger partial charge in [-0.15, -0.1) is 13.2 Å². The first kappa shape index (κ1) is 45.7. The van der Waals surface area contributed by atoms with Crippen LogP contribution in [0.1, 0.15) is 36.1 Å². The normalized spacial score (nSPS) is 12.1. The maximum Gasteiger partial charge on any atom is 0.0714 e. The predicted octanol–water partition coefficient (Wildman–Crippen LogP) is 19.2. The molecule has 14 rings (SSSR count). The largest absolute Gasteiger partial charge is 0.310 e. The Labute approximate surface area is 433 Å². The van der Waals surface area contributed by atoms with Crippen molar-refractivity contribution >= 4 is 60.7 Å². The third kappa shape index (κ3) is 7.27. The van der Waals surface area contributed by atoms with Crippen LogP contribution in [0.2, 0.25) is 0 Å². The van der Waals surface area contributed by atoms with E-state index < -0.39 is 5.41 Å². The molecule has 2 heterocycles. The Hall–Kier alpha value is -9.44. The smallest absolute Gasteiger partial charge is 0.0714 e. The monoisotopic (exact) mass is 949 g/mol. The summed E-state index contributed by atoms with van der Waals surface area (Å²) in [6.45, 7) is 10.0. The van der Waals surface area contributed by atoms with Gasteiger partial charge in [0.1, 0.15) is 0 Å². The van der Waals surface area contributed by atoms with Crippen molar-refractivity contribution in [1.29, 1.82) is 0 Å². The molecule has 11 aromatic carbocycles. The van der Waals surface area contributed by atoms with E-state index in [-0.39, 0.29) is 0 Å². The molecule has 3 heteroatoms. The van der Waals surface area contributed by atoms with Gasteiger partial charge in [0, 0.05) is 50.0 Å². The Kier molecular flexibility index (Phi) is 11.9. The van der Waals surface area contributed by atoms with Crippen molar-refractivity contribution in [2.24, 2.45) is 0 Å². The third-order valence-electron chi connectivity index (χ3n) is 14.7. The number of rotatable bonds is 8. The fraction of sp³-hybridized carbons (Fsp3) is 0.0423. The van der Waals surface area contributed by atoms with Gasteiger partial charge in [-0.05, 0) is 129 Å². The highest BCUT2D eigenvalue weighted by atomic mass is 15.1. The Balaban J connectivity index is 0.00000136. The van der Waals surface area contributed by atoms with Crippen LogP contribution in [0.4, 0.5) is 17.1 Å². The lowest BCUT2D eigenvalue weighted by Crippen LogP contribution is -2.28. The van der Waals surface area contributed by atoms with Gasteiger partial charge in [-0.1, -0.05) is 202 Å². The van der Waals surface area contributed by atoms with E-state index in [0.29, 0.717) is 0 Å².